The first-order valence-corrected chi connectivity index (χ1v) is 8.92. The molecule has 0 bridgehead atoms. The van der Waals surface area contributed by atoms with Crippen LogP contribution >= 0.6 is 0 Å². The molecule has 4 nitrogen and oxygen atoms in total. The fourth-order valence-electron chi connectivity index (χ4n) is 1.89. The van der Waals surface area contributed by atoms with Gasteiger partial charge in [0.1, 0.15) is 10.7 Å². The first-order chi connectivity index (χ1) is 9.92. The number of nitrogens with one attached hydrogen (secondary N) is 2. The van der Waals surface area contributed by atoms with Crippen molar-refractivity contribution < 1.29 is 12.8 Å². The summed E-state index contributed by atoms with van der Waals surface area (Å²) in [6, 6.07) is 4.79. The van der Waals surface area contributed by atoms with Gasteiger partial charge in [-0.1, -0.05) is 26.3 Å². The number of rotatable bonds is 8. The molecule has 0 heterocycles. The van der Waals surface area contributed by atoms with Crippen molar-refractivity contribution in [3.63, 3.8) is 0 Å². The highest BCUT2D eigenvalue weighted by atomic mass is 32.2. The van der Waals surface area contributed by atoms with Gasteiger partial charge in [0.25, 0.3) is 0 Å². The van der Waals surface area contributed by atoms with Gasteiger partial charge >= 0.3 is 0 Å². The minimum absolute atomic E-state index is 0.225. The molecular weight excluding hydrogens is 291 g/mol. The van der Waals surface area contributed by atoms with Crippen molar-refractivity contribution >= 4 is 10.0 Å². The Kier molecular flexibility index (Phi) is 5.35. The standard InChI is InChI=1S/C15H23FN2O2S/c1-3-11(2)9-18-21(19,20)15-8-12(4-7-14(15)16)10-17-13-5-6-13/h4,7-8,11,13,17-18H,3,5-6,9-10H2,1-2H3. The Balaban J connectivity index is 2.10. The van der Waals surface area contributed by atoms with Crippen LogP contribution in [0.15, 0.2) is 23.1 Å². The third kappa shape index (κ3) is 4.76. The molecule has 0 saturated heterocycles. The summed E-state index contributed by atoms with van der Waals surface area (Å²) in [5.41, 5.74) is 0.784. The maximum atomic E-state index is 13.8. The number of sulfonamides is 1. The topological polar surface area (TPSA) is 58.2 Å². The average molecular weight is 314 g/mol. The van der Waals surface area contributed by atoms with Gasteiger partial charge in [-0.2, -0.15) is 0 Å². The highest BCUT2D eigenvalue weighted by Gasteiger charge is 2.22. The Hall–Kier alpha value is -0.980. The molecule has 1 aromatic rings. The normalized spacial score (nSPS) is 16.9. The van der Waals surface area contributed by atoms with E-state index in [-0.39, 0.29) is 10.8 Å². The molecule has 1 fully saturated rings. The molecule has 1 unspecified atom stereocenters. The van der Waals surface area contributed by atoms with Gasteiger partial charge in [-0.3, -0.25) is 0 Å². The van der Waals surface area contributed by atoms with Crippen molar-refractivity contribution in [2.24, 2.45) is 5.92 Å². The zero-order chi connectivity index (χ0) is 15.5. The van der Waals surface area contributed by atoms with Crippen LogP contribution in [0.5, 0.6) is 0 Å². The van der Waals surface area contributed by atoms with Crippen LogP contribution in [-0.4, -0.2) is 21.0 Å². The van der Waals surface area contributed by atoms with Crippen LogP contribution in [0.25, 0.3) is 0 Å². The monoisotopic (exact) mass is 314 g/mol. The highest BCUT2D eigenvalue weighted by Crippen LogP contribution is 2.21. The van der Waals surface area contributed by atoms with E-state index in [9.17, 15) is 12.8 Å². The highest BCUT2D eigenvalue weighted by molar-refractivity contribution is 7.89. The van der Waals surface area contributed by atoms with Gasteiger partial charge in [-0.25, -0.2) is 17.5 Å². The number of hydrogen-bond donors (Lipinski definition) is 2. The third-order valence-corrected chi connectivity index (χ3v) is 5.21. The van der Waals surface area contributed by atoms with Gasteiger partial charge < -0.3 is 5.32 Å². The van der Waals surface area contributed by atoms with Crippen molar-refractivity contribution in [3.05, 3.63) is 29.6 Å². The summed E-state index contributed by atoms with van der Waals surface area (Å²) in [5.74, 6) is -0.482. The largest absolute Gasteiger partial charge is 0.310 e. The SMILES string of the molecule is CCC(C)CNS(=O)(=O)c1cc(CNC2CC2)ccc1F. The molecule has 0 aliphatic heterocycles. The Labute approximate surface area is 126 Å². The van der Waals surface area contributed by atoms with Gasteiger partial charge in [0, 0.05) is 19.1 Å². The van der Waals surface area contributed by atoms with E-state index in [1.165, 1.54) is 12.1 Å². The van der Waals surface area contributed by atoms with Crippen LogP contribution < -0.4 is 10.0 Å². The third-order valence-electron chi connectivity index (χ3n) is 3.78. The van der Waals surface area contributed by atoms with Crippen LogP contribution in [0, 0.1) is 11.7 Å². The van der Waals surface area contributed by atoms with E-state index >= 15 is 0 Å². The van der Waals surface area contributed by atoms with Crippen molar-refractivity contribution in [2.75, 3.05) is 6.54 Å². The lowest BCUT2D eigenvalue weighted by molar-refractivity contribution is 0.521. The van der Waals surface area contributed by atoms with Crippen molar-refractivity contribution in [3.8, 4) is 0 Å². The number of halogens is 1. The predicted octanol–water partition coefficient (Wildman–Crippen LogP) is 2.40. The molecule has 118 valence electrons. The summed E-state index contributed by atoms with van der Waals surface area (Å²) >= 11 is 0. The van der Waals surface area contributed by atoms with Gasteiger partial charge in [-0.15, -0.1) is 0 Å². The predicted molar refractivity (Wildman–Crippen MR) is 80.9 cm³/mol. The van der Waals surface area contributed by atoms with Crippen LogP contribution in [0.3, 0.4) is 0 Å². The quantitative estimate of drug-likeness (QED) is 0.774. The Morgan fingerprint density at radius 1 is 1.38 bits per heavy atom. The summed E-state index contributed by atoms with van der Waals surface area (Å²) in [4.78, 5) is -0.263. The number of hydrogen-bond acceptors (Lipinski definition) is 3. The zero-order valence-electron chi connectivity index (χ0n) is 12.5. The Morgan fingerprint density at radius 2 is 2.10 bits per heavy atom. The van der Waals surface area contributed by atoms with Crippen LogP contribution in [0.2, 0.25) is 0 Å². The van der Waals surface area contributed by atoms with E-state index in [0.717, 1.165) is 24.8 Å². The maximum absolute atomic E-state index is 13.8. The molecule has 1 atom stereocenters. The smallest absolute Gasteiger partial charge is 0.243 e. The molecule has 6 heteroatoms. The lowest BCUT2D eigenvalue weighted by Gasteiger charge is -2.12. The Bertz CT molecular complexity index is 585. The lowest BCUT2D eigenvalue weighted by atomic mass is 10.1. The molecule has 2 N–H and O–H groups in total. The second-order valence-corrected chi connectivity index (χ2v) is 7.52. The molecule has 21 heavy (non-hydrogen) atoms. The van der Waals surface area contributed by atoms with Crippen molar-refractivity contribution in [1.82, 2.24) is 10.0 Å². The van der Waals surface area contributed by atoms with Crippen LogP contribution in [0.1, 0.15) is 38.7 Å². The molecule has 0 spiro atoms. The zero-order valence-corrected chi connectivity index (χ0v) is 13.3. The van der Waals surface area contributed by atoms with E-state index in [4.69, 9.17) is 0 Å². The summed E-state index contributed by atoms with van der Waals surface area (Å²) in [5, 5.41) is 3.29. The minimum Gasteiger partial charge on any atom is -0.310 e. The van der Waals surface area contributed by atoms with Gasteiger partial charge in [0.15, 0.2) is 0 Å². The van der Waals surface area contributed by atoms with Crippen molar-refractivity contribution in [1.29, 1.82) is 0 Å². The maximum Gasteiger partial charge on any atom is 0.243 e. The minimum atomic E-state index is -3.79. The van der Waals surface area contributed by atoms with Gasteiger partial charge in [-0.05, 0) is 36.5 Å². The lowest BCUT2D eigenvalue weighted by Crippen LogP contribution is -2.29. The van der Waals surface area contributed by atoms with Gasteiger partial charge in [0.05, 0.1) is 0 Å². The fourth-order valence-corrected chi connectivity index (χ4v) is 3.18. The second-order valence-electron chi connectivity index (χ2n) is 5.79. The summed E-state index contributed by atoms with van der Waals surface area (Å²) < 4.78 is 40.7. The molecule has 1 aliphatic rings. The average Bonchev–Trinajstić information content (AvgIpc) is 3.28. The van der Waals surface area contributed by atoms with Crippen molar-refractivity contribution in [2.45, 2.75) is 50.6 Å². The molecule has 0 amide bonds. The molecule has 1 aromatic carbocycles. The molecule has 1 saturated carbocycles. The summed E-state index contributed by atoms with van der Waals surface area (Å²) in [7, 11) is -3.79. The van der Waals surface area contributed by atoms with E-state index < -0.39 is 15.8 Å². The number of benzene rings is 1. The first-order valence-electron chi connectivity index (χ1n) is 7.44. The van der Waals surface area contributed by atoms with E-state index in [1.807, 2.05) is 13.8 Å². The molecule has 1 aliphatic carbocycles. The molecule has 0 radical (unpaired) electrons. The van der Waals surface area contributed by atoms with E-state index in [0.29, 0.717) is 19.1 Å². The Morgan fingerprint density at radius 3 is 2.71 bits per heavy atom. The molecule has 2 rings (SSSR count). The van der Waals surface area contributed by atoms with Gasteiger partial charge in [0.2, 0.25) is 10.0 Å². The summed E-state index contributed by atoms with van der Waals surface area (Å²) in [6.45, 7) is 4.83. The first kappa shape index (κ1) is 16.4. The second kappa shape index (κ2) is 6.85. The molecule has 0 aromatic heterocycles. The summed E-state index contributed by atoms with van der Waals surface area (Å²) in [6.07, 6.45) is 3.18. The molecular formula is C15H23FN2O2S. The fraction of sp³-hybridized carbons (Fsp3) is 0.600. The van der Waals surface area contributed by atoms with Crippen LogP contribution in [-0.2, 0) is 16.6 Å². The van der Waals surface area contributed by atoms with Crippen LogP contribution in [0.4, 0.5) is 4.39 Å². The van der Waals surface area contributed by atoms with E-state index in [1.54, 1.807) is 6.07 Å². The van der Waals surface area contributed by atoms with E-state index in [2.05, 4.69) is 10.0 Å².